The zero-order chi connectivity index (χ0) is 17.8. The van der Waals surface area contributed by atoms with E-state index in [0.717, 1.165) is 18.8 Å². The molecule has 9 nitrogen and oxygen atoms in total. The third-order valence-corrected chi connectivity index (χ3v) is 4.33. The van der Waals surface area contributed by atoms with Gasteiger partial charge in [-0.3, -0.25) is 14.7 Å². The molecule has 2 aromatic rings. The van der Waals surface area contributed by atoms with Gasteiger partial charge >= 0.3 is 6.03 Å². The zero-order valence-corrected chi connectivity index (χ0v) is 14.9. The second-order valence-electron chi connectivity index (χ2n) is 6.26. The first-order valence-corrected chi connectivity index (χ1v) is 8.40. The second-order valence-corrected chi connectivity index (χ2v) is 6.26. The number of urea groups is 1. The van der Waals surface area contributed by atoms with E-state index < -0.39 is 0 Å². The quantitative estimate of drug-likeness (QED) is 0.878. The van der Waals surface area contributed by atoms with Crippen LogP contribution in [0.3, 0.4) is 0 Å². The van der Waals surface area contributed by atoms with Gasteiger partial charge < -0.3 is 14.5 Å². The molecule has 0 bridgehead atoms. The molecule has 1 N–H and O–H groups in total. The number of methoxy groups -OCH3 is 1. The lowest BCUT2D eigenvalue weighted by atomic mass is 10.3. The summed E-state index contributed by atoms with van der Waals surface area (Å²) >= 11 is 0. The number of hydrogen-bond donors (Lipinski definition) is 1. The van der Waals surface area contributed by atoms with Crippen LogP contribution in [0.1, 0.15) is 13.0 Å². The van der Waals surface area contributed by atoms with E-state index in [0.29, 0.717) is 25.5 Å². The van der Waals surface area contributed by atoms with Gasteiger partial charge in [0.2, 0.25) is 0 Å². The average Bonchev–Trinajstić information content (AvgIpc) is 3.24. The normalized spacial score (nSPS) is 16.1. The van der Waals surface area contributed by atoms with Crippen molar-refractivity contribution in [3.63, 3.8) is 0 Å². The first-order chi connectivity index (χ1) is 12.1. The van der Waals surface area contributed by atoms with Crippen LogP contribution in [0.2, 0.25) is 0 Å². The highest BCUT2D eigenvalue weighted by Gasteiger charge is 2.22. The van der Waals surface area contributed by atoms with Crippen molar-refractivity contribution in [2.24, 2.45) is 7.05 Å². The van der Waals surface area contributed by atoms with Crippen LogP contribution in [0.4, 0.5) is 16.3 Å². The summed E-state index contributed by atoms with van der Waals surface area (Å²) in [4.78, 5) is 16.5. The van der Waals surface area contributed by atoms with E-state index in [1.807, 2.05) is 37.5 Å². The molecule has 0 unspecified atom stereocenters. The molecule has 1 aliphatic rings. The van der Waals surface area contributed by atoms with Gasteiger partial charge in [-0.1, -0.05) is 0 Å². The Morgan fingerprint density at radius 1 is 1.36 bits per heavy atom. The van der Waals surface area contributed by atoms with Crippen molar-refractivity contribution in [3.05, 3.63) is 24.7 Å². The van der Waals surface area contributed by atoms with Crippen LogP contribution in [0.25, 0.3) is 0 Å². The highest BCUT2D eigenvalue weighted by molar-refractivity contribution is 5.88. The lowest BCUT2D eigenvalue weighted by molar-refractivity contribution is 0.157. The van der Waals surface area contributed by atoms with Gasteiger partial charge in [0.1, 0.15) is 0 Å². The SMILES string of the molecule is COC[C@H](C)n1ccc(NC(=O)N2CCN(c3cnn(C)c3)CC2)n1. The summed E-state index contributed by atoms with van der Waals surface area (Å²) in [5.74, 6) is 0.558. The molecule has 1 atom stereocenters. The van der Waals surface area contributed by atoms with Gasteiger partial charge in [0.15, 0.2) is 5.82 Å². The number of piperazine rings is 1. The van der Waals surface area contributed by atoms with Crippen LogP contribution >= 0.6 is 0 Å². The predicted octanol–water partition coefficient (Wildman–Crippen LogP) is 1.18. The monoisotopic (exact) mass is 347 g/mol. The third kappa shape index (κ3) is 4.11. The molecule has 2 aromatic heterocycles. The Bertz CT molecular complexity index is 703. The van der Waals surface area contributed by atoms with Gasteiger partial charge in [0.25, 0.3) is 0 Å². The zero-order valence-electron chi connectivity index (χ0n) is 14.9. The molecule has 3 heterocycles. The Hall–Kier alpha value is -2.55. The van der Waals surface area contributed by atoms with E-state index in [1.165, 1.54) is 0 Å². The van der Waals surface area contributed by atoms with Gasteiger partial charge in [0.05, 0.1) is 24.5 Å². The fourth-order valence-corrected chi connectivity index (χ4v) is 2.90. The van der Waals surface area contributed by atoms with Crippen LogP contribution in [0.5, 0.6) is 0 Å². The summed E-state index contributed by atoms with van der Waals surface area (Å²) in [5.41, 5.74) is 1.09. The summed E-state index contributed by atoms with van der Waals surface area (Å²) in [7, 11) is 3.56. The van der Waals surface area contributed by atoms with Crippen LogP contribution < -0.4 is 10.2 Å². The Kier molecular flexibility index (Phi) is 5.22. The van der Waals surface area contributed by atoms with Crippen molar-refractivity contribution in [1.82, 2.24) is 24.5 Å². The van der Waals surface area contributed by atoms with Crippen molar-refractivity contribution in [1.29, 1.82) is 0 Å². The predicted molar refractivity (Wildman–Crippen MR) is 94.8 cm³/mol. The highest BCUT2D eigenvalue weighted by atomic mass is 16.5. The molecule has 0 radical (unpaired) electrons. The van der Waals surface area contributed by atoms with Gasteiger partial charge in [-0.25, -0.2) is 4.79 Å². The van der Waals surface area contributed by atoms with E-state index in [9.17, 15) is 4.79 Å². The largest absolute Gasteiger partial charge is 0.382 e. The Labute approximate surface area is 147 Å². The van der Waals surface area contributed by atoms with Gasteiger partial charge in [-0.15, -0.1) is 0 Å². The fourth-order valence-electron chi connectivity index (χ4n) is 2.90. The number of nitrogens with one attached hydrogen (secondary N) is 1. The van der Waals surface area contributed by atoms with Crippen molar-refractivity contribution < 1.29 is 9.53 Å². The number of rotatable bonds is 5. The number of aromatic nitrogens is 4. The summed E-state index contributed by atoms with van der Waals surface area (Å²) in [5, 5.41) is 11.4. The Morgan fingerprint density at radius 2 is 2.12 bits per heavy atom. The van der Waals surface area contributed by atoms with Crippen LogP contribution in [0.15, 0.2) is 24.7 Å². The van der Waals surface area contributed by atoms with E-state index >= 15 is 0 Å². The number of hydrogen-bond acceptors (Lipinski definition) is 5. The molecule has 3 rings (SSSR count). The summed E-state index contributed by atoms with van der Waals surface area (Å²) < 4.78 is 8.70. The van der Waals surface area contributed by atoms with Gasteiger partial charge in [-0.2, -0.15) is 10.2 Å². The Balaban J connectivity index is 1.51. The fraction of sp³-hybridized carbons (Fsp3) is 0.562. The maximum absolute atomic E-state index is 12.4. The standard InChI is InChI=1S/C16H25N7O2/c1-13(12-25-3)23-5-4-15(19-23)18-16(24)22-8-6-21(7-9-22)14-10-17-20(2)11-14/h4-5,10-11,13H,6-9,12H2,1-3H3,(H,18,19,24)/t13-/m0/s1. The minimum absolute atomic E-state index is 0.115. The first kappa shape index (κ1) is 17.3. The van der Waals surface area contributed by atoms with Crippen LogP contribution in [-0.4, -0.2) is 70.4 Å². The molecule has 0 aliphatic carbocycles. The van der Waals surface area contributed by atoms with E-state index in [4.69, 9.17) is 4.74 Å². The minimum atomic E-state index is -0.115. The first-order valence-electron chi connectivity index (χ1n) is 8.40. The van der Waals surface area contributed by atoms with E-state index in [1.54, 1.807) is 22.5 Å². The molecule has 1 saturated heterocycles. The Morgan fingerprint density at radius 3 is 2.76 bits per heavy atom. The van der Waals surface area contributed by atoms with Crippen LogP contribution in [0, 0.1) is 0 Å². The number of anilines is 2. The van der Waals surface area contributed by atoms with Crippen molar-refractivity contribution in [3.8, 4) is 0 Å². The smallest absolute Gasteiger partial charge is 0.323 e. The molecular formula is C16H25N7O2. The maximum atomic E-state index is 12.4. The number of aryl methyl sites for hydroxylation is 1. The number of amides is 2. The van der Waals surface area contributed by atoms with Crippen LogP contribution in [-0.2, 0) is 11.8 Å². The maximum Gasteiger partial charge on any atom is 0.323 e. The summed E-state index contributed by atoms with van der Waals surface area (Å²) in [6.07, 6.45) is 5.69. The minimum Gasteiger partial charge on any atom is -0.382 e. The molecular weight excluding hydrogens is 322 g/mol. The van der Waals surface area contributed by atoms with Gasteiger partial charge in [0, 0.05) is 58.8 Å². The van der Waals surface area contributed by atoms with Crippen molar-refractivity contribution in [2.45, 2.75) is 13.0 Å². The highest BCUT2D eigenvalue weighted by Crippen LogP contribution is 2.16. The molecule has 0 saturated carbocycles. The molecule has 1 fully saturated rings. The second kappa shape index (κ2) is 7.56. The molecule has 0 aromatic carbocycles. The molecule has 0 spiro atoms. The van der Waals surface area contributed by atoms with E-state index in [-0.39, 0.29) is 12.1 Å². The number of ether oxygens (including phenoxy) is 1. The molecule has 136 valence electrons. The summed E-state index contributed by atoms with van der Waals surface area (Å²) in [6.45, 7) is 5.50. The number of carbonyl (C=O) groups is 1. The molecule has 9 heteroatoms. The van der Waals surface area contributed by atoms with Crippen molar-refractivity contribution in [2.75, 3.05) is 50.1 Å². The van der Waals surface area contributed by atoms with E-state index in [2.05, 4.69) is 20.4 Å². The van der Waals surface area contributed by atoms with Crippen molar-refractivity contribution >= 4 is 17.5 Å². The molecule has 1 aliphatic heterocycles. The number of nitrogens with zero attached hydrogens (tertiary/aromatic N) is 6. The molecule has 2 amide bonds. The third-order valence-electron chi connectivity index (χ3n) is 4.33. The lowest BCUT2D eigenvalue weighted by Gasteiger charge is -2.35. The average molecular weight is 347 g/mol. The number of carbonyl (C=O) groups excluding carboxylic acids is 1. The molecule has 25 heavy (non-hydrogen) atoms. The lowest BCUT2D eigenvalue weighted by Crippen LogP contribution is -2.50. The van der Waals surface area contributed by atoms with Gasteiger partial charge in [-0.05, 0) is 6.92 Å². The topological polar surface area (TPSA) is 80.5 Å². The summed E-state index contributed by atoms with van der Waals surface area (Å²) in [6, 6.07) is 1.81.